The number of aromatic hydroxyl groups is 2. The Bertz CT molecular complexity index is 603. The molecule has 0 radical (unpaired) electrons. The zero-order chi connectivity index (χ0) is 13.3. The Labute approximate surface area is 101 Å². The predicted molar refractivity (Wildman–Crippen MR) is 59.6 cm³/mol. The first-order valence-electron chi connectivity index (χ1n) is 5.01. The van der Waals surface area contributed by atoms with E-state index in [0.29, 0.717) is 0 Å². The van der Waals surface area contributed by atoms with Crippen molar-refractivity contribution in [2.45, 2.75) is 0 Å². The molecule has 0 heterocycles. The number of carbonyl (C=O) groups is 1. The lowest BCUT2D eigenvalue weighted by Gasteiger charge is -2.06. The molecule has 0 spiro atoms. The van der Waals surface area contributed by atoms with Gasteiger partial charge in [0, 0.05) is 6.07 Å². The SMILES string of the molecule is O=C(c1ccc(F)cc1O)c1c(O)cccc1F. The fraction of sp³-hybridized carbons (Fsp3) is 0. The molecule has 0 aromatic heterocycles. The highest BCUT2D eigenvalue weighted by molar-refractivity contribution is 6.12. The molecule has 0 atom stereocenters. The van der Waals surface area contributed by atoms with E-state index in [4.69, 9.17) is 0 Å². The van der Waals surface area contributed by atoms with Crippen LogP contribution < -0.4 is 0 Å². The highest BCUT2D eigenvalue weighted by Gasteiger charge is 2.21. The summed E-state index contributed by atoms with van der Waals surface area (Å²) in [4.78, 5) is 11.9. The number of ketones is 1. The summed E-state index contributed by atoms with van der Waals surface area (Å²) in [6.07, 6.45) is 0. The summed E-state index contributed by atoms with van der Waals surface area (Å²) in [7, 11) is 0. The molecule has 0 saturated carbocycles. The fourth-order valence-electron chi connectivity index (χ4n) is 1.57. The highest BCUT2D eigenvalue weighted by atomic mass is 19.1. The third kappa shape index (κ3) is 2.02. The molecule has 2 rings (SSSR count). The zero-order valence-corrected chi connectivity index (χ0v) is 9.02. The smallest absolute Gasteiger partial charge is 0.203 e. The Morgan fingerprint density at radius 2 is 1.72 bits per heavy atom. The molecule has 0 aliphatic carbocycles. The number of halogens is 2. The number of hydrogen-bond acceptors (Lipinski definition) is 3. The van der Waals surface area contributed by atoms with Crippen LogP contribution in [-0.4, -0.2) is 16.0 Å². The van der Waals surface area contributed by atoms with Crippen molar-refractivity contribution in [1.29, 1.82) is 0 Å². The molecule has 0 saturated heterocycles. The van der Waals surface area contributed by atoms with Gasteiger partial charge in [-0.05, 0) is 24.3 Å². The Morgan fingerprint density at radius 1 is 1.00 bits per heavy atom. The van der Waals surface area contributed by atoms with Gasteiger partial charge >= 0.3 is 0 Å². The maximum Gasteiger partial charge on any atom is 0.203 e. The minimum Gasteiger partial charge on any atom is -0.507 e. The van der Waals surface area contributed by atoms with Crippen LogP contribution in [0.15, 0.2) is 36.4 Å². The molecular formula is C13H8F2O3. The van der Waals surface area contributed by atoms with Gasteiger partial charge in [-0.15, -0.1) is 0 Å². The van der Waals surface area contributed by atoms with Crippen molar-refractivity contribution in [3.05, 3.63) is 59.2 Å². The van der Waals surface area contributed by atoms with Gasteiger partial charge in [-0.3, -0.25) is 4.79 Å². The lowest BCUT2D eigenvalue weighted by atomic mass is 10.0. The first kappa shape index (κ1) is 12.0. The van der Waals surface area contributed by atoms with Crippen molar-refractivity contribution in [3.8, 4) is 11.5 Å². The maximum atomic E-state index is 13.5. The summed E-state index contributed by atoms with van der Waals surface area (Å²) in [5.41, 5.74) is -0.837. The van der Waals surface area contributed by atoms with E-state index in [1.165, 1.54) is 6.07 Å². The average molecular weight is 250 g/mol. The van der Waals surface area contributed by atoms with E-state index in [9.17, 15) is 23.8 Å². The molecule has 0 fully saturated rings. The largest absolute Gasteiger partial charge is 0.507 e. The lowest BCUT2D eigenvalue weighted by Crippen LogP contribution is -2.05. The van der Waals surface area contributed by atoms with Crippen LogP contribution in [0.3, 0.4) is 0 Å². The minimum atomic E-state index is -0.914. The van der Waals surface area contributed by atoms with Crippen LogP contribution in [0.4, 0.5) is 8.78 Å². The zero-order valence-electron chi connectivity index (χ0n) is 9.02. The second-order valence-electron chi connectivity index (χ2n) is 3.62. The molecular weight excluding hydrogens is 242 g/mol. The predicted octanol–water partition coefficient (Wildman–Crippen LogP) is 2.61. The van der Waals surface area contributed by atoms with Gasteiger partial charge in [-0.2, -0.15) is 0 Å². The van der Waals surface area contributed by atoms with Gasteiger partial charge in [0.15, 0.2) is 0 Å². The summed E-state index contributed by atoms with van der Waals surface area (Å²) in [6.45, 7) is 0. The molecule has 3 nitrogen and oxygen atoms in total. The van der Waals surface area contributed by atoms with Crippen molar-refractivity contribution in [1.82, 2.24) is 0 Å². The van der Waals surface area contributed by atoms with E-state index >= 15 is 0 Å². The molecule has 18 heavy (non-hydrogen) atoms. The number of phenols is 2. The number of phenolic OH excluding ortho intramolecular Hbond substituents is 2. The van der Waals surface area contributed by atoms with Crippen LogP contribution in [0.1, 0.15) is 15.9 Å². The van der Waals surface area contributed by atoms with Crippen LogP contribution >= 0.6 is 0 Å². The minimum absolute atomic E-state index is 0.281. The van der Waals surface area contributed by atoms with E-state index in [1.807, 2.05) is 0 Å². The van der Waals surface area contributed by atoms with Gasteiger partial charge in [-0.25, -0.2) is 8.78 Å². The monoisotopic (exact) mass is 250 g/mol. The molecule has 92 valence electrons. The van der Waals surface area contributed by atoms with Gasteiger partial charge in [0.05, 0.1) is 5.56 Å². The van der Waals surface area contributed by atoms with Crippen LogP contribution in [0, 0.1) is 11.6 Å². The molecule has 0 amide bonds. The number of hydrogen-bond donors (Lipinski definition) is 2. The van der Waals surface area contributed by atoms with Crippen molar-refractivity contribution >= 4 is 5.78 Å². The molecule has 5 heteroatoms. The fourth-order valence-corrected chi connectivity index (χ4v) is 1.57. The normalized spacial score (nSPS) is 10.3. The Hall–Kier alpha value is -2.43. The van der Waals surface area contributed by atoms with Gasteiger partial charge in [-0.1, -0.05) is 6.07 Å². The molecule has 0 aliphatic heterocycles. The van der Waals surface area contributed by atoms with Crippen molar-refractivity contribution in [2.24, 2.45) is 0 Å². The van der Waals surface area contributed by atoms with E-state index in [0.717, 1.165) is 30.3 Å². The molecule has 2 aromatic carbocycles. The van der Waals surface area contributed by atoms with Gasteiger partial charge in [0.1, 0.15) is 28.7 Å². The number of rotatable bonds is 2. The Morgan fingerprint density at radius 3 is 2.33 bits per heavy atom. The van der Waals surface area contributed by atoms with E-state index in [2.05, 4.69) is 0 Å². The average Bonchev–Trinajstić information content (AvgIpc) is 2.28. The highest BCUT2D eigenvalue weighted by Crippen LogP contribution is 2.27. The van der Waals surface area contributed by atoms with E-state index in [-0.39, 0.29) is 5.56 Å². The van der Waals surface area contributed by atoms with Crippen molar-refractivity contribution < 1.29 is 23.8 Å². The summed E-state index contributed by atoms with van der Waals surface area (Å²) in [5, 5.41) is 18.9. The number of benzene rings is 2. The third-order valence-corrected chi connectivity index (χ3v) is 2.42. The lowest BCUT2D eigenvalue weighted by molar-refractivity contribution is 0.103. The summed E-state index contributed by atoms with van der Waals surface area (Å²) in [5.74, 6) is -3.69. The van der Waals surface area contributed by atoms with Gasteiger partial charge in [0.2, 0.25) is 5.78 Å². The molecule has 0 unspecified atom stereocenters. The molecule has 2 aromatic rings. The summed E-state index contributed by atoms with van der Waals surface area (Å²) >= 11 is 0. The summed E-state index contributed by atoms with van der Waals surface area (Å²) < 4.78 is 26.2. The molecule has 2 N–H and O–H groups in total. The number of carbonyl (C=O) groups excluding carboxylic acids is 1. The van der Waals surface area contributed by atoms with Crippen molar-refractivity contribution in [2.75, 3.05) is 0 Å². The van der Waals surface area contributed by atoms with Crippen molar-refractivity contribution in [3.63, 3.8) is 0 Å². The van der Waals surface area contributed by atoms with E-state index < -0.39 is 34.5 Å². The van der Waals surface area contributed by atoms with Crippen LogP contribution in [0.25, 0.3) is 0 Å². The van der Waals surface area contributed by atoms with Crippen LogP contribution in [0.2, 0.25) is 0 Å². The van der Waals surface area contributed by atoms with Crippen LogP contribution in [0.5, 0.6) is 11.5 Å². The Kier molecular flexibility index (Phi) is 2.97. The maximum absolute atomic E-state index is 13.5. The quantitative estimate of drug-likeness (QED) is 0.805. The van der Waals surface area contributed by atoms with Crippen LogP contribution in [-0.2, 0) is 0 Å². The first-order valence-corrected chi connectivity index (χ1v) is 5.01. The standard InChI is InChI=1S/C13H8F2O3/c14-7-4-5-8(11(17)6-7)13(18)12-9(15)2-1-3-10(12)16/h1-6,16-17H. The molecule has 0 bridgehead atoms. The Balaban J connectivity index is 2.55. The second kappa shape index (κ2) is 4.44. The second-order valence-corrected chi connectivity index (χ2v) is 3.62. The van der Waals surface area contributed by atoms with E-state index in [1.54, 1.807) is 0 Å². The van der Waals surface area contributed by atoms with Gasteiger partial charge < -0.3 is 10.2 Å². The summed E-state index contributed by atoms with van der Waals surface area (Å²) in [6, 6.07) is 6.13. The van der Waals surface area contributed by atoms with Gasteiger partial charge in [0.25, 0.3) is 0 Å². The first-order chi connectivity index (χ1) is 8.50. The molecule has 0 aliphatic rings. The topological polar surface area (TPSA) is 57.5 Å². The third-order valence-electron chi connectivity index (χ3n) is 2.42.